The van der Waals surface area contributed by atoms with Crippen LogP contribution in [0.5, 0.6) is 0 Å². The van der Waals surface area contributed by atoms with Crippen molar-refractivity contribution in [1.82, 2.24) is 9.96 Å². The van der Waals surface area contributed by atoms with Crippen molar-refractivity contribution in [1.29, 1.82) is 0 Å². The van der Waals surface area contributed by atoms with Gasteiger partial charge in [-0.3, -0.25) is 0 Å². The molecule has 0 bridgehead atoms. The van der Waals surface area contributed by atoms with Gasteiger partial charge in [0.05, 0.1) is 24.7 Å². The molecule has 6 nitrogen and oxygen atoms in total. The number of hydroxylamine groups is 2. The van der Waals surface area contributed by atoms with Crippen LogP contribution in [0.3, 0.4) is 0 Å². The summed E-state index contributed by atoms with van der Waals surface area (Å²) in [5, 5.41) is 1.86. The molecule has 3 rings (SSSR count). The third-order valence-corrected chi connectivity index (χ3v) is 6.29. The summed E-state index contributed by atoms with van der Waals surface area (Å²) >= 11 is 0. The Morgan fingerprint density at radius 1 is 1.50 bits per heavy atom. The Hall–Kier alpha value is -1.89. The van der Waals surface area contributed by atoms with E-state index in [0.717, 1.165) is 56.6 Å². The summed E-state index contributed by atoms with van der Waals surface area (Å²) < 4.78 is 5.49. The van der Waals surface area contributed by atoms with Gasteiger partial charge in [0.2, 0.25) is 0 Å². The summed E-state index contributed by atoms with van der Waals surface area (Å²) in [4.78, 5) is 18.3. The lowest BCUT2D eigenvalue weighted by molar-refractivity contribution is -0.395. The monoisotopic (exact) mass is 415 g/mol. The van der Waals surface area contributed by atoms with Crippen LogP contribution in [-0.2, 0) is 14.6 Å². The predicted molar refractivity (Wildman–Crippen MR) is 120 cm³/mol. The normalized spacial score (nSPS) is 32.5. The van der Waals surface area contributed by atoms with Crippen LogP contribution in [-0.4, -0.2) is 48.2 Å². The molecule has 0 radical (unpaired) electrons. The first kappa shape index (κ1) is 22.8. The van der Waals surface area contributed by atoms with Crippen LogP contribution >= 0.6 is 0 Å². The second kappa shape index (κ2) is 10.4. The predicted octanol–water partition coefficient (Wildman–Crippen LogP) is 5.13. The van der Waals surface area contributed by atoms with Crippen molar-refractivity contribution in [2.45, 2.75) is 71.0 Å². The number of hydrogen-bond donors (Lipinski definition) is 0. The molecule has 1 saturated carbocycles. The van der Waals surface area contributed by atoms with Crippen LogP contribution in [0.1, 0.15) is 59.3 Å². The Kier molecular flexibility index (Phi) is 7.92. The maximum absolute atomic E-state index is 5.94. The molecule has 3 unspecified atom stereocenters. The van der Waals surface area contributed by atoms with Crippen LogP contribution in [0.2, 0.25) is 0 Å². The van der Waals surface area contributed by atoms with Crippen molar-refractivity contribution in [3.63, 3.8) is 0 Å². The molecule has 1 spiro atoms. The maximum Gasteiger partial charge on any atom is 0.126 e. The molecule has 3 atom stereocenters. The summed E-state index contributed by atoms with van der Waals surface area (Å²) in [6.07, 6.45) is 16.5. The zero-order chi connectivity index (χ0) is 21.6. The Labute approximate surface area is 181 Å². The van der Waals surface area contributed by atoms with Crippen molar-refractivity contribution >= 4 is 6.34 Å². The third kappa shape index (κ3) is 5.42. The Balaban J connectivity index is 1.65. The number of allylic oxidation sites excluding steroid dienone is 4. The van der Waals surface area contributed by atoms with Gasteiger partial charge in [0.1, 0.15) is 5.60 Å². The van der Waals surface area contributed by atoms with Crippen molar-refractivity contribution in [2.24, 2.45) is 10.9 Å². The largest absolute Gasteiger partial charge is 0.375 e. The molecule has 1 aliphatic carbocycles. The summed E-state index contributed by atoms with van der Waals surface area (Å²) in [7, 11) is 1.71. The van der Waals surface area contributed by atoms with Crippen molar-refractivity contribution < 1.29 is 14.6 Å². The van der Waals surface area contributed by atoms with E-state index >= 15 is 0 Å². The lowest BCUT2D eigenvalue weighted by atomic mass is 9.77. The van der Waals surface area contributed by atoms with Crippen LogP contribution in [0.25, 0.3) is 0 Å². The zero-order valence-electron chi connectivity index (χ0n) is 19.0. The average molecular weight is 416 g/mol. The lowest BCUT2D eigenvalue weighted by Gasteiger charge is -2.37. The van der Waals surface area contributed by atoms with Crippen LogP contribution < -0.4 is 0 Å². The molecule has 30 heavy (non-hydrogen) atoms. The molecule has 0 aromatic carbocycles. The zero-order valence-corrected chi connectivity index (χ0v) is 19.0. The first-order chi connectivity index (χ1) is 14.5. The fraction of sp³-hybridized carbons (Fsp3) is 0.625. The van der Waals surface area contributed by atoms with E-state index in [1.807, 2.05) is 37.5 Å². The van der Waals surface area contributed by atoms with E-state index in [1.165, 1.54) is 12.0 Å². The van der Waals surface area contributed by atoms with E-state index in [-0.39, 0.29) is 11.7 Å². The maximum atomic E-state index is 5.94. The van der Waals surface area contributed by atoms with Gasteiger partial charge in [-0.1, -0.05) is 32.4 Å². The minimum atomic E-state index is -0.269. The first-order valence-corrected chi connectivity index (χ1v) is 11.2. The Bertz CT molecular complexity index is 727. The quantitative estimate of drug-likeness (QED) is 0.540. The van der Waals surface area contributed by atoms with Gasteiger partial charge in [-0.2, -0.15) is 0 Å². The minimum Gasteiger partial charge on any atom is -0.375 e. The fourth-order valence-corrected chi connectivity index (χ4v) is 4.66. The minimum absolute atomic E-state index is 0.0362. The van der Waals surface area contributed by atoms with E-state index in [4.69, 9.17) is 14.6 Å². The van der Waals surface area contributed by atoms with Gasteiger partial charge in [0, 0.05) is 25.6 Å². The van der Waals surface area contributed by atoms with E-state index in [9.17, 15) is 0 Å². The SMILES string of the molecule is C=C1\C=C(CCC)/C=C\N=C/N1CC1CCCC2(C1)CN(/C(=C/C)C(C)OC)OO2. The van der Waals surface area contributed by atoms with Gasteiger partial charge in [-0.05, 0) is 63.2 Å². The van der Waals surface area contributed by atoms with E-state index < -0.39 is 0 Å². The third-order valence-electron chi connectivity index (χ3n) is 6.29. The highest BCUT2D eigenvalue weighted by atomic mass is 17.3. The highest BCUT2D eigenvalue weighted by Gasteiger charge is 2.46. The number of methoxy groups -OCH3 is 1. The highest BCUT2D eigenvalue weighted by Crippen LogP contribution is 2.41. The van der Waals surface area contributed by atoms with Crippen molar-refractivity contribution in [2.75, 3.05) is 20.2 Å². The van der Waals surface area contributed by atoms with Crippen molar-refractivity contribution in [3.05, 3.63) is 48.0 Å². The number of hydrogen-bond acceptors (Lipinski definition) is 6. The Morgan fingerprint density at radius 2 is 2.33 bits per heavy atom. The summed E-state index contributed by atoms with van der Waals surface area (Å²) in [5.74, 6) is 0.492. The lowest BCUT2D eigenvalue weighted by Crippen LogP contribution is -2.42. The van der Waals surface area contributed by atoms with Gasteiger partial charge in [-0.15, -0.1) is 4.99 Å². The topological polar surface area (TPSA) is 46.5 Å². The molecule has 0 aromatic heterocycles. The summed E-state index contributed by atoms with van der Waals surface area (Å²) in [6.45, 7) is 12.1. The van der Waals surface area contributed by atoms with Crippen LogP contribution in [0.15, 0.2) is 53.0 Å². The molecular formula is C24H37N3O3. The molecule has 0 amide bonds. The molecular weight excluding hydrogens is 378 g/mol. The van der Waals surface area contributed by atoms with E-state index in [2.05, 4.69) is 35.5 Å². The molecule has 2 aliphatic heterocycles. The highest BCUT2D eigenvalue weighted by molar-refractivity contribution is 5.61. The van der Waals surface area contributed by atoms with Gasteiger partial charge >= 0.3 is 0 Å². The number of nitrogens with zero attached hydrogens (tertiary/aromatic N) is 3. The van der Waals surface area contributed by atoms with Gasteiger partial charge in [-0.25, -0.2) is 14.9 Å². The van der Waals surface area contributed by atoms with Gasteiger partial charge < -0.3 is 9.64 Å². The second-order valence-electron chi connectivity index (χ2n) is 8.62. The summed E-state index contributed by atoms with van der Waals surface area (Å²) in [6, 6.07) is 0. The molecule has 0 aromatic rings. The Morgan fingerprint density at radius 3 is 3.07 bits per heavy atom. The summed E-state index contributed by atoms with van der Waals surface area (Å²) in [5.41, 5.74) is 3.01. The van der Waals surface area contributed by atoms with Gasteiger partial charge in [0.25, 0.3) is 0 Å². The standard InChI is InChI=1S/C24H37N3O3/c1-6-9-21-11-13-25-18-26(19(3)14-21)16-22-10-8-12-24(15-22)17-27(30-29-24)23(7-2)20(4)28-5/h7,11,13-14,18,20,22H,3,6,8-10,12,15-17H2,1-2,4-5H3/b13-11-,21-14-,23-7+,25-18-. The smallest absolute Gasteiger partial charge is 0.126 e. The van der Waals surface area contributed by atoms with Crippen LogP contribution in [0.4, 0.5) is 0 Å². The van der Waals surface area contributed by atoms with Crippen LogP contribution in [0, 0.1) is 5.92 Å². The van der Waals surface area contributed by atoms with Crippen molar-refractivity contribution in [3.8, 4) is 0 Å². The first-order valence-electron chi connectivity index (χ1n) is 11.2. The fourth-order valence-electron chi connectivity index (χ4n) is 4.66. The molecule has 2 fully saturated rings. The average Bonchev–Trinajstić information content (AvgIpc) is 3.12. The van der Waals surface area contributed by atoms with E-state index in [0.29, 0.717) is 5.92 Å². The molecule has 6 heteroatoms. The number of aliphatic imine (C=N–C) groups is 1. The molecule has 0 N–H and O–H groups in total. The second-order valence-corrected chi connectivity index (χ2v) is 8.62. The number of rotatable bonds is 7. The number of ether oxygens (including phenoxy) is 1. The van der Waals surface area contributed by atoms with Gasteiger partial charge in [0.15, 0.2) is 0 Å². The van der Waals surface area contributed by atoms with E-state index in [1.54, 1.807) is 7.11 Å². The molecule has 2 heterocycles. The molecule has 1 saturated heterocycles. The molecule has 3 aliphatic rings. The molecule has 166 valence electrons.